The van der Waals surface area contributed by atoms with Gasteiger partial charge in [-0.1, -0.05) is 23.7 Å². The van der Waals surface area contributed by atoms with Gasteiger partial charge in [-0.2, -0.15) is 0 Å². The van der Waals surface area contributed by atoms with E-state index in [2.05, 4.69) is 9.47 Å². The Bertz CT molecular complexity index is 1410. The second-order valence-corrected chi connectivity index (χ2v) is 10.8. The number of halogens is 2. The van der Waals surface area contributed by atoms with Crippen molar-refractivity contribution in [1.82, 2.24) is 19.4 Å². The van der Waals surface area contributed by atoms with E-state index in [0.29, 0.717) is 47.5 Å². The molecule has 0 unspecified atom stereocenters. The van der Waals surface area contributed by atoms with Crippen LogP contribution in [0.15, 0.2) is 42.0 Å². The van der Waals surface area contributed by atoms with Crippen LogP contribution >= 0.6 is 11.6 Å². The first kappa shape index (κ1) is 26.0. The minimum absolute atomic E-state index is 0.0869. The molecule has 2 saturated heterocycles. The monoisotopic (exact) mass is 552 g/mol. The number of carbonyl (C=O) groups is 1. The summed E-state index contributed by atoms with van der Waals surface area (Å²) in [6.45, 7) is 4.10. The van der Waals surface area contributed by atoms with Crippen molar-refractivity contribution < 1.29 is 23.8 Å². The maximum Gasteiger partial charge on any atom is 0.332 e. The van der Waals surface area contributed by atoms with Crippen molar-refractivity contribution >= 4 is 23.6 Å². The van der Waals surface area contributed by atoms with E-state index in [1.165, 1.54) is 6.07 Å². The maximum absolute atomic E-state index is 14.1. The van der Waals surface area contributed by atoms with Crippen LogP contribution in [0.5, 0.6) is 5.88 Å². The maximum atomic E-state index is 14.1. The molecule has 0 radical (unpaired) electrons. The molecule has 1 aromatic carbocycles. The zero-order valence-electron chi connectivity index (χ0n) is 21.5. The summed E-state index contributed by atoms with van der Waals surface area (Å²) in [7, 11) is 0. The van der Waals surface area contributed by atoms with Crippen LogP contribution in [0.1, 0.15) is 53.7 Å². The Labute approximate surface area is 231 Å². The van der Waals surface area contributed by atoms with Crippen molar-refractivity contribution in [1.29, 1.82) is 0 Å². The van der Waals surface area contributed by atoms with Crippen molar-refractivity contribution in [3.63, 3.8) is 0 Å². The predicted octanol–water partition coefficient (Wildman–Crippen LogP) is 4.84. The SMILES string of the molecule is O=C(O)C1=Cc2nc(CN3CCC(c4cccc(OCc5ccc(Cl)cc5F)n4)CC3)n(C[C@@H]3CCO3)c2C1. The quantitative estimate of drug-likeness (QED) is 0.406. The first-order valence-corrected chi connectivity index (χ1v) is 13.7. The van der Waals surface area contributed by atoms with Gasteiger partial charge in [0.15, 0.2) is 0 Å². The number of aliphatic carboxylic acids is 1. The molecule has 0 amide bonds. The second kappa shape index (κ2) is 11.1. The highest BCUT2D eigenvalue weighted by Gasteiger charge is 2.30. The fourth-order valence-corrected chi connectivity index (χ4v) is 5.64. The minimum Gasteiger partial charge on any atom is -0.478 e. The van der Waals surface area contributed by atoms with Crippen LogP contribution < -0.4 is 4.74 Å². The number of likely N-dealkylation sites (tertiary alicyclic amines) is 1. The molecule has 4 heterocycles. The Balaban J connectivity index is 1.08. The number of ether oxygens (including phenoxy) is 2. The molecule has 1 aliphatic carbocycles. The number of carboxylic acids is 1. The van der Waals surface area contributed by atoms with Crippen LogP contribution in [0.2, 0.25) is 5.02 Å². The number of hydrogen-bond acceptors (Lipinski definition) is 6. The summed E-state index contributed by atoms with van der Waals surface area (Å²) in [4.78, 5) is 23.4. The summed E-state index contributed by atoms with van der Waals surface area (Å²) in [5.74, 6) is 0.482. The highest BCUT2D eigenvalue weighted by molar-refractivity contribution is 6.30. The van der Waals surface area contributed by atoms with Crippen LogP contribution in [-0.4, -0.2) is 56.3 Å². The van der Waals surface area contributed by atoms with E-state index >= 15 is 0 Å². The zero-order chi connectivity index (χ0) is 26.9. The summed E-state index contributed by atoms with van der Waals surface area (Å²) in [6, 6.07) is 10.3. The third kappa shape index (κ3) is 5.71. The Morgan fingerprint density at radius 1 is 1.18 bits per heavy atom. The van der Waals surface area contributed by atoms with Gasteiger partial charge in [0.25, 0.3) is 0 Å². The molecule has 6 rings (SSSR count). The van der Waals surface area contributed by atoms with Crippen LogP contribution in [-0.2, 0) is 35.6 Å². The van der Waals surface area contributed by atoms with Gasteiger partial charge in [-0.15, -0.1) is 0 Å². The van der Waals surface area contributed by atoms with Crippen molar-refractivity contribution in [3.05, 3.63) is 81.3 Å². The van der Waals surface area contributed by atoms with Crippen molar-refractivity contribution in [2.24, 2.45) is 0 Å². The summed E-state index contributed by atoms with van der Waals surface area (Å²) >= 11 is 5.84. The van der Waals surface area contributed by atoms with Gasteiger partial charge in [-0.25, -0.2) is 19.2 Å². The minimum atomic E-state index is -0.886. The van der Waals surface area contributed by atoms with Crippen molar-refractivity contribution in [3.8, 4) is 5.88 Å². The summed E-state index contributed by atoms with van der Waals surface area (Å²) < 4.78 is 27.7. The summed E-state index contributed by atoms with van der Waals surface area (Å²) in [5.41, 5.74) is 3.56. The van der Waals surface area contributed by atoms with E-state index in [0.717, 1.165) is 61.9 Å². The van der Waals surface area contributed by atoms with Crippen LogP contribution in [0, 0.1) is 5.82 Å². The molecule has 3 aromatic rings. The van der Waals surface area contributed by atoms with Gasteiger partial charge in [0, 0.05) is 52.6 Å². The topological polar surface area (TPSA) is 89.7 Å². The number of hydrogen-bond donors (Lipinski definition) is 1. The van der Waals surface area contributed by atoms with E-state index in [9.17, 15) is 14.3 Å². The molecule has 1 atom stereocenters. The largest absolute Gasteiger partial charge is 0.478 e. The molecule has 0 bridgehead atoms. The average molecular weight is 553 g/mol. The molecule has 3 aliphatic rings. The first-order chi connectivity index (χ1) is 18.9. The number of rotatable bonds is 9. The summed E-state index contributed by atoms with van der Waals surface area (Å²) in [5, 5.41) is 9.79. The van der Waals surface area contributed by atoms with E-state index < -0.39 is 11.8 Å². The first-order valence-electron chi connectivity index (χ1n) is 13.3. The molecule has 39 heavy (non-hydrogen) atoms. The number of aromatic nitrogens is 3. The number of pyridine rings is 1. The summed E-state index contributed by atoms with van der Waals surface area (Å²) in [6.07, 6.45) is 5.20. The molecule has 2 fully saturated rings. The number of imidazole rings is 1. The number of nitrogens with zero attached hydrogens (tertiary/aromatic N) is 4. The molecule has 2 aliphatic heterocycles. The molecule has 2 aromatic heterocycles. The molecule has 1 N–H and O–H groups in total. The van der Waals surface area contributed by atoms with Crippen LogP contribution in [0.4, 0.5) is 4.39 Å². The van der Waals surface area contributed by atoms with Crippen molar-refractivity contribution in [2.75, 3.05) is 19.7 Å². The van der Waals surface area contributed by atoms with Gasteiger partial charge in [0.2, 0.25) is 5.88 Å². The number of piperidine rings is 1. The standard InChI is InChI=1S/C29H30ClFN4O4/c30-21-5-4-19(23(31)14-21)17-39-28-3-1-2-24(33-28)18-6-9-34(10-7-18)16-27-32-25-12-20(29(36)37)13-26(25)35(27)15-22-8-11-38-22/h1-5,12,14,18,22H,6-11,13,15-17H2,(H,36,37)/t22-/m0/s1. The lowest BCUT2D eigenvalue weighted by Gasteiger charge is -2.32. The molecular formula is C29H30ClFN4O4. The Morgan fingerprint density at radius 2 is 2.00 bits per heavy atom. The van der Waals surface area contributed by atoms with Gasteiger partial charge in [0.05, 0.1) is 24.9 Å². The molecule has 8 nitrogen and oxygen atoms in total. The highest BCUT2D eigenvalue weighted by Crippen LogP contribution is 2.31. The van der Waals surface area contributed by atoms with Crippen molar-refractivity contribution in [2.45, 2.75) is 57.4 Å². The van der Waals surface area contributed by atoms with Crippen LogP contribution in [0.3, 0.4) is 0 Å². The highest BCUT2D eigenvalue weighted by atomic mass is 35.5. The Hall–Kier alpha value is -3.27. The fraction of sp³-hybridized carbons (Fsp3) is 0.414. The number of benzene rings is 1. The third-order valence-corrected chi connectivity index (χ3v) is 8.05. The van der Waals surface area contributed by atoms with E-state index in [1.54, 1.807) is 24.3 Å². The Kier molecular flexibility index (Phi) is 7.38. The molecule has 204 valence electrons. The number of fused-ring (bicyclic) bond motifs is 1. The predicted molar refractivity (Wildman–Crippen MR) is 143 cm³/mol. The van der Waals surface area contributed by atoms with Gasteiger partial charge >= 0.3 is 5.97 Å². The lowest BCUT2D eigenvalue weighted by atomic mass is 9.93. The molecule has 0 spiro atoms. The fourth-order valence-electron chi connectivity index (χ4n) is 5.48. The number of carboxylic acid groups (broad SMARTS) is 1. The van der Waals surface area contributed by atoms with Crippen LogP contribution in [0.25, 0.3) is 6.08 Å². The molecule has 0 saturated carbocycles. The van der Waals surface area contributed by atoms with E-state index in [-0.39, 0.29) is 12.7 Å². The van der Waals surface area contributed by atoms with Gasteiger partial charge in [0.1, 0.15) is 18.2 Å². The lowest BCUT2D eigenvalue weighted by Crippen LogP contribution is -2.36. The molecular weight excluding hydrogens is 523 g/mol. The van der Waals surface area contributed by atoms with E-state index in [4.69, 9.17) is 31.0 Å². The Morgan fingerprint density at radius 3 is 2.72 bits per heavy atom. The van der Waals surface area contributed by atoms with Gasteiger partial charge in [-0.3, -0.25) is 4.90 Å². The molecule has 10 heteroatoms. The van der Waals surface area contributed by atoms with Gasteiger partial charge < -0.3 is 19.1 Å². The van der Waals surface area contributed by atoms with Gasteiger partial charge in [-0.05, 0) is 56.6 Å². The lowest BCUT2D eigenvalue weighted by molar-refractivity contribution is -0.132. The average Bonchev–Trinajstić information content (AvgIpc) is 3.45. The normalized spacial score (nSPS) is 19.4. The second-order valence-electron chi connectivity index (χ2n) is 10.4. The van der Waals surface area contributed by atoms with E-state index in [1.807, 2.05) is 12.1 Å². The zero-order valence-corrected chi connectivity index (χ0v) is 22.2. The smallest absolute Gasteiger partial charge is 0.332 e. The third-order valence-electron chi connectivity index (χ3n) is 7.81.